The number of nitriles is 1. The highest BCUT2D eigenvalue weighted by Crippen LogP contribution is 2.18. The fraction of sp³-hybridized carbons (Fsp3) is 0.333. The number of aromatic nitrogens is 1. The number of H-pyrrole nitrogens is 1. The normalized spacial score (nSPS) is 9.43. The minimum Gasteiger partial charge on any atom is -0.478 e. The van der Waals surface area contributed by atoms with E-state index in [4.69, 9.17) is 15.7 Å². The highest BCUT2D eigenvalue weighted by Gasteiger charge is 2.08. The lowest BCUT2D eigenvalue weighted by atomic mass is 10.2. The van der Waals surface area contributed by atoms with Crippen molar-refractivity contribution in [3.8, 4) is 11.9 Å². The Labute approximate surface area is 81.1 Å². The molecule has 0 fully saturated rings. The lowest BCUT2D eigenvalue weighted by Gasteiger charge is -2.06. The summed E-state index contributed by atoms with van der Waals surface area (Å²) >= 11 is 0. The highest BCUT2D eigenvalue weighted by molar-refractivity contribution is 5.57. The number of hydrogen-bond donors (Lipinski definition) is 2. The molecule has 0 radical (unpaired) electrons. The van der Waals surface area contributed by atoms with Crippen molar-refractivity contribution < 1.29 is 4.74 Å². The molecular weight excluding hydrogens is 182 g/mol. The molecule has 0 aliphatic heterocycles. The first kappa shape index (κ1) is 10.1. The topological polar surface area (TPSA) is 91.9 Å². The van der Waals surface area contributed by atoms with Crippen LogP contribution in [0.25, 0.3) is 0 Å². The Kier molecular flexibility index (Phi) is 3.13. The summed E-state index contributed by atoms with van der Waals surface area (Å²) in [6, 6.07) is 3.04. The molecule has 0 spiro atoms. The van der Waals surface area contributed by atoms with Gasteiger partial charge in [0.2, 0.25) is 5.88 Å². The number of nitrogens with zero attached hydrogens (tertiary/aromatic N) is 1. The van der Waals surface area contributed by atoms with E-state index in [0.29, 0.717) is 6.61 Å². The molecule has 0 bridgehead atoms. The molecule has 5 heteroatoms. The second-order valence-electron chi connectivity index (χ2n) is 2.75. The van der Waals surface area contributed by atoms with Crippen molar-refractivity contribution >= 4 is 5.69 Å². The summed E-state index contributed by atoms with van der Waals surface area (Å²) in [5, 5.41) is 8.76. The first-order valence-electron chi connectivity index (χ1n) is 4.24. The molecule has 0 aromatic carbocycles. The van der Waals surface area contributed by atoms with Crippen molar-refractivity contribution in [2.75, 3.05) is 12.3 Å². The summed E-state index contributed by atoms with van der Waals surface area (Å²) in [4.78, 5) is 13.4. The van der Waals surface area contributed by atoms with E-state index in [1.54, 1.807) is 0 Å². The maximum atomic E-state index is 11.0. The van der Waals surface area contributed by atoms with Gasteiger partial charge in [-0.15, -0.1) is 0 Å². The zero-order valence-corrected chi connectivity index (χ0v) is 7.83. The molecule has 0 aliphatic carbocycles. The fourth-order valence-electron chi connectivity index (χ4n) is 0.983. The summed E-state index contributed by atoms with van der Waals surface area (Å²) in [6.45, 7) is 2.37. The van der Waals surface area contributed by atoms with Crippen molar-refractivity contribution in [2.45, 2.75) is 13.3 Å². The first-order valence-corrected chi connectivity index (χ1v) is 4.24. The van der Waals surface area contributed by atoms with E-state index in [-0.39, 0.29) is 22.7 Å². The zero-order valence-electron chi connectivity index (χ0n) is 7.83. The van der Waals surface area contributed by atoms with Gasteiger partial charge in [0.1, 0.15) is 11.6 Å². The van der Waals surface area contributed by atoms with Gasteiger partial charge >= 0.3 is 0 Å². The van der Waals surface area contributed by atoms with Gasteiger partial charge in [-0.3, -0.25) is 9.78 Å². The predicted octanol–water partition coefficient (Wildman–Crippen LogP) is 0.618. The van der Waals surface area contributed by atoms with E-state index in [1.165, 1.54) is 0 Å². The minimum atomic E-state index is -0.368. The van der Waals surface area contributed by atoms with Crippen LogP contribution in [0.15, 0.2) is 10.9 Å². The third-order valence-corrected chi connectivity index (χ3v) is 1.60. The van der Waals surface area contributed by atoms with E-state index in [1.807, 2.05) is 13.0 Å². The first-order chi connectivity index (χ1) is 6.69. The molecule has 0 aliphatic rings. The van der Waals surface area contributed by atoms with Crippen molar-refractivity contribution in [3.05, 3.63) is 22.0 Å². The number of nitrogens with two attached hydrogens (primary N) is 1. The van der Waals surface area contributed by atoms with Gasteiger partial charge < -0.3 is 10.5 Å². The number of aromatic amines is 1. The van der Waals surface area contributed by atoms with Gasteiger partial charge in [-0.1, -0.05) is 6.92 Å². The Morgan fingerprint density at radius 3 is 3.00 bits per heavy atom. The number of anilines is 1. The molecule has 1 aromatic heterocycles. The van der Waals surface area contributed by atoms with E-state index in [0.717, 1.165) is 12.5 Å². The standard InChI is InChI=1S/C9H11N3O2/c1-2-3-14-9-6(5-10)7(11)4-8(13)12-9/h4H,2-3H2,1H3,(H3,11,12,13). The molecule has 14 heavy (non-hydrogen) atoms. The fourth-order valence-corrected chi connectivity index (χ4v) is 0.983. The highest BCUT2D eigenvalue weighted by atomic mass is 16.5. The van der Waals surface area contributed by atoms with Gasteiger partial charge in [-0.05, 0) is 6.42 Å². The number of ether oxygens (including phenoxy) is 1. The molecule has 1 rings (SSSR count). The Morgan fingerprint density at radius 1 is 1.71 bits per heavy atom. The summed E-state index contributed by atoms with van der Waals surface area (Å²) in [5.74, 6) is 0.152. The number of nitrogens with one attached hydrogen (secondary N) is 1. The van der Waals surface area contributed by atoms with Crippen LogP contribution in [0.5, 0.6) is 5.88 Å². The van der Waals surface area contributed by atoms with Crippen LogP contribution in [0, 0.1) is 11.3 Å². The molecule has 0 saturated heterocycles. The van der Waals surface area contributed by atoms with E-state index in [9.17, 15) is 4.79 Å². The third-order valence-electron chi connectivity index (χ3n) is 1.60. The summed E-state index contributed by atoms with van der Waals surface area (Å²) in [6.07, 6.45) is 0.793. The van der Waals surface area contributed by atoms with Crippen LogP contribution in [0.4, 0.5) is 5.69 Å². The van der Waals surface area contributed by atoms with E-state index in [2.05, 4.69) is 4.98 Å². The van der Waals surface area contributed by atoms with Gasteiger partial charge in [0.05, 0.1) is 12.3 Å². The van der Waals surface area contributed by atoms with E-state index >= 15 is 0 Å². The van der Waals surface area contributed by atoms with Crippen LogP contribution in [0.1, 0.15) is 18.9 Å². The zero-order chi connectivity index (χ0) is 10.6. The summed E-state index contributed by atoms with van der Waals surface area (Å²) in [5.41, 5.74) is 5.43. The maximum absolute atomic E-state index is 11.0. The Hall–Kier alpha value is -1.96. The SMILES string of the molecule is CCCOc1[nH]c(=O)cc(N)c1C#N. The second kappa shape index (κ2) is 4.33. The maximum Gasteiger partial charge on any atom is 0.252 e. The van der Waals surface area contributed by atoms with Gasteiger partial charge in [0.25, 0.3) is 5.56 Å². The van der Waals surface area contributed by atoms with Crippen molar-refractivity contribution in [2.24, 2.45) is 0 Å². The molecular formula is C9H11N3O2. The monoisotopic (exact) mass is 193 g/mol. The Morgan fingerprint density at radius 2 is 2.43 bits per heavy atom. The minimum absolute atomic E-state index is 0.141. The van der Waals surface area contributed by atoms with Gasteiger partial charge in [0, 0.05) is 6.07 Å². The van der Waals surface area contributed by atoms with Crippen LogP contribution in [-0.2, 0) is 0 Å². The largest absolute Gasteiger partial charge is 0.478 e. The van der Waals surface area contributed by atoms with Crippen molar-refractivity contribution in [3.63, 3.8) is 0 Å². The molecule has 0 saturated carbocycles. The molecule has 3 N–H and O–H groups in total. The Bertz CT molecular complexity index is 417. The lowest BCUT2D eigenvalue weighted by Crippen LogP contribution is -2.12. The van der Waals surface area contributed by atoms with Crippen LogP contribution in [0.2, 0.25) is 0 Å². The van der Waals surface area contributed by atoms with Crippen LogP contribution >= 0.6 is 0 Å². The van der Waals surface area contributed by atoms with Gasteiger partial charge in [-0.2, -0.15) is 5.26 Å². The molecule has 1 heterocycles. The smallest absolute Gasteiger partial charge is 0.252 e. The van der Waals surface area contributed by atoms with Crippen LogP contribution < -0.4 is 16.0 Å². The third kappa shape index (κ3) is 2.04. The second-order valence-corrected chi connectivity index (χ2v) is 2.75. The van der Waals surface area contributed by atoms with Gasteiger partial charge in [-0.25, -0.2) is 0 Å². The number of pyridine rings is 1. The summed E-state index contributed by atoms with van der Waals surface area (Å²) < 4.78 is 5.18. The molecule has 0 unspecified atom stereocenters. The average molecular weight is 193 g/mol. The lowest BCUT2D eigenvalue weighted by molar-refractivity contribution is 0.304. The van der Waals surface area contributed by atoms with Crippen molar-refractivity contribution in [1.29, 1.82) is 5.26 Å². The molecule has 5 nitrogen and oxygen atoms in total. The van der Waals surface area contributed by atoms with Crippen molar-refractivity contribution in [1.82, 2.24) is 4.98 Å². The average Bonchev–Trinajstić information content (AvgIpc) is 2.14. The molecule has 0 atom stereocenters. The number of hydrogen-bond acceptors (Lipinski definition) is 4. The predicted molar refractivity (Wildman–Crippen MR) is 52.0 cm³/mol. The molecule has 1 aromatic rings. The number of rotatable bonds is 3. The number of nitrogen functional groups attached to an aromatic ring is 1. The van der Waals surface area contributed by atoms with E-state index < -0.39 is 0 Å². The molecule has 74 valence electrons. The Balaban J connectivity index is 3.13. The quantitative estimate of drug-likeness (QED) is 0.735. The molecule has 0 amide bonds. The summed E-state index contributed by atoms with van der Waals surface area (Å²) in [7, 11) is 0. The van der Waals surface area contributed by atoms with Gasteiger partial charge in [0.15, 0.2) is 0 Å². The van der Waals surface area contributed by atoms with Crippen LogP contribution in [0.3, 0.4) is 0 Å². The van der Waals surface area contributed by atoms with Crippen LogP contribution in [-0.4, -0.2) is 11.6 Å².